The fourth-order valence-electron chi connectivity index (χ4n) is 6.63. The molecule has 8 heterocycles. The second-order valence-electron chi connectivity index (χ2n) is 13.3. The van der Waals surface area contributed by atoms with Gasteiger partial charge in [0.25, 0.3) is 0 Å². The van der Waals surface area contributed by atoms with E-state index in [9.17, 15) is 19.8 Å². The molecule has 0 aromatic carbocycles. The summed E-state index contributed by atoms with van der Waals surface area (Å²) >= 11 is 0. The lowest BCUT2D eigenvalue weighted by atomic mass is 10.1. The van der Waals surface area contributed by atoms with E-state index in [-0.39, 0.29) is 67.8 Å². The van der Waals surface area contributed by atoms with E-state index in [1.165, 1.54) is 87.2 Å². The first-order chi connectivity index (χ1) is 28.6. The number of hydrogen-bond donors (Lipinski definition) is 2. The van der Waals surface area contributed by atoms with Gasteiger partial charge in [-0.2, -0.15) is 0 Å². The Balaban J connectivity index is 1.45. The zero-order valence-corrected chi connectivity index (χ0v) is 31.2. The number of imidazole rings is 2. The number of nitrogens with zero attached hydrogens (tertiary/aromatic N) is 10. The summed E-state index contributed by atoms with van der Waals surface area (Å²) in [7, 11) is 1.32. The molecule has 0 aliphatic carbocycles. The maximum Gasteiger partial charge on any atom is 0.409 e. The Morgan fingerprint density at radius 3 is 1.41 bits per heavy atom. The summed E-state index contributed by atoms with van der Waals surface area (Å²) in [6.45, 7) is 16.5. The van der Waals surface area contributed by atoms with Crippen molar-refractivity contribution >= 4 is 55.9 Å². The fourth-order valence-corrected chi connectivity index (χ4v) is 6.63. The van der Waals surface area contributed by atoms with Crippen LogP contribution in [-0.4, -0.2) is 66.1 Å². The van der Waals surface area contributed by atoms with Gasteiger partial charge in [0, 0.05) is 34.6 Å². The summed E-state index contributed by atoms with van der Waals surface area (Å²) < 4.78 is 15.4. The van der Waals surface area contributed by atoms with E-state index < -0.39 is 11.4 Å². The second kappa shape index (κ2) is 15.7. The van der Waals surface area contributed by atoms with Gasteiger partial charge in [-0.25, -0.2) is 9.59 Å². The molecule has 2 N–H and O–H groups in total. The van der Waals surface area contributed by atoms with Gasteiger partial charge in [-0.05, 0) is 59.0 Å². The lowest BCUT2D eigenvalue weighted by Crippen LogP contribution is -2.37. The monoisotopic (exact) mass is 783 g/mol. The molecule has 0 bridgehead atoms. The van der Waals surface area contributed by atoms with Gasteiger partial charge in [0.2, 0.25) is 0 Å². The van der Waals surface area contributed by atoms with Crippen molar-refractivity contribution in [3.8, 4) is 33.8 Å². The van der Waals surface area contributed by atoms with Crippen LogP contribution in [0.25, 0.3) is 70.6 Å². The quantitative estimate of drug-likeness (QED) is 0.213. The summed E-state index contributed by atoms with van der Waals surface area (Å²) in [5, 5.41) is 31.2. The van der Waals surface area contributed by atoms with Crippen LogP contribution >= 0.6 is 0 Å². The second-order valence-corrected chi connectivity index (χ2v) is 13.3. The molecular weight excluding hydrogens is 751 g/mol. The first-order valence-electron chi connectivity index (χ1n) is 17.8. The van der Waals surface area contributed by atoms with E-state index >= 15 is 0 Å². The maximum atomic E-state index is 14.8. The standard InChI is InChI=1S/C42H32BN10O6/c1-25-13-37(54)33(29-17-48-58-23-29)15-27(3)46-19-35-39(25)50(21-31-9-5-7-11-44-31)41(56)52(35)43-53-36-20-47-28(4)16-34(30-18-49-59-24-30)38(55)14-26(2)40(36)51(42(53)57)22-32-10-6-8-12-45-32/h5-20,23-24,54-55H,1-4,21-22H2. The lowest BCUT2D eigenvalue weighted by molar-refractivity contribution is 0.420. The van der Waals surface area contributed by atoms with Crippen LogP contribution in [0.5, 0.6) is 11.5 Å². The van der Waals surface area contributed by atoms with Gasteiger partial charge in [-0.3, -0.25) is 29.1 Å². The zero-order chi connectivity index (χ0) is 41.2. The molecule has 0 saturated heterocycles. The molecule has 0 atom stereocenters. The van der Waals surface area contributed by atoms with Crippen LogP contribution in [-0.2, 0) is 13.1 Å². The summed E-state index contributed by atoms with van der Waals surface area (Å²) in [6.07, 6.45) is 11.6. The molecule has 8 aromatic heterocycles. The summed E-state index contributed by atoms with van der Waals surface area (Å²) in [4.78, 5) is 47.6. The Hall–Kier alpha value is -8.34. The molecular formula is C42H32BN10O6. The van der Waals surface area contributed by atoms with Gasteiger partial charge < -0.3 is 28.2 Å². The smallest absolute Gasteiger partial charge is 0.409 e. The molecule has 0 spiro atoms. The average molecular weight is 784 g/mol. The van der Waals surface area contributed by atoms with E-state index in [1.54, 1.807) is 48.8 Å². The van der Waals surface area contributed by atoms with Crippen molar-refractivity contribution in [1.82, 2.24) is 48.3 Å². The molecule has 8 rings (SSSR count). The molecule has 0 fully saturated rings. The third-order valence-corrected chi connectivity index (χ3v) is 9.34. The Labute approximate surface area is 333 Å². The molecule has 0 saturated carbocycles. The number of fused-ring (bicyclic) bond motifs is 2. The van der Waals surface area contributed by atoms with E-state index in [4.69, 9.17) is 9.05 Å². The van der Waals surface area contributed by atoms with E-state index in [0.717, 1.165) is 0 Å². The topological polar surface area (TPSA) is 198 Å². The predicted molar refractivity (Wildman–Crippen MR) is 221 cm³/mol. The number of hydrogen-bond acceptors (Lipinski definition) is 12. The minimum absolute atomic E-state index is 0.0176. The van der Waals surface area contributed by atoms with Crippen molar-refractivity contribution in [1.29, 1.82) is 0 Å². The highest BCUT2D eigenvalue weighted by atomic mass is 16.5. The highest BCUT2D eigenvalue weighted by Crippen LogP contribution is 2.26. The Morgan fingerprint density at radius 2 is 1.03 bits per heavy atom. The first-order valence-corrected chi connectivity index (χ1v) is 17.8. The van der Waals surface area contributed by atoms with Crippen molar-refractivity contribution in [3.05, 3.63) is 164 Å². The Kier molecular flexibility index (Phi) is 9.98. The van der Waals surface area contributed by atoms with Crippen LogP contribution in [0.1, 0.15) is 11.4 Å². The van der Waals surface area contributed by atoms with Crippen LogP contribution in [0.2, 0.25) is 0 Å². The van der Waals surface area contributed by atoms with Gasteiger partial charge in [-0.1, -0.05) is 48.8 Å². The Morgan fingerprint density at radius 1 is 0.593 bits per heavy atom. The molecule has 59 heavy (non-hydrogen) atoms. The third kappa shape index (κ3) is 7.38. The third-order valence-electron chi connectivity index (χ3n) is 9.34. The van der Waals surface area contributed by atoms with Crippen molar-refractivity contribution in [2.24, 2.45) is 0 Å². The largest absolute Gasteiger partial charge is 0.507 e. The maximum absolute atomic E-state index is 14.8. The number of aromatic nitrogens is 10. The average Bonchev–Trinajstić information content (AvgIpc) is 4.04. The van der Waals surface area contributed by atoms with Crippen molar-refractivity contribution in [3.63, 3.8) is 0 Å². The fraction of sp³-hybridized carbons (Fsp3) is 0.0476. The van der Waals surface area contributed by atoms with E-state index in [0.29, 0.717) is 33.6 Å². The molecule has 0 unspecified atom stereocenters. The van der Waals surface area contributed by atoms with Crippen LogP contribution in [0.3, 0.4) is 0 Å². The summed E-state index contributed by atoms with van der Waals surface area (Å²) in [5.41, 5.74) is 2.31. The number of pyridine rings is 2. The van der Waals surface area contributed by atoms with E-state index in [1.807, 2.05) is 0 Å². The first kappa shape index (κ1) is 37.6. The zero-order valence-electron chi connectivity index (χ0n) is 31.2. The van der Waals surface area contributed by atoms with Crippen molar-refractivity contribution in [2.75, 3.05) is 0 Å². The van der Waals surface area contributed by atoms with Gasteiger partial charge in [-0.15, -0.1) is 0 Å². The van der Waals surface area contributed by atoms with Crippen LogP contribution in [0, 0.1) is 0 Å². The highest BCUT2D eigenvalue weighted by Gasteiger charge is 2.22. The van der Waals surface area contributed by atoms with Crippen LogP contribution in [0.15, 0.2) is 129 Å². The molecule has 0 aliphatic heterocycles. The molecule has 0 aliphatic rings. The van der Waals surface area contributed by atoms with Gasteiger partial charge in [0.05, 0.1) is 82.0 Å². The van der Waals surface area contributed by atoms with Crippen molar-refractivity contribution < 1.29 is 19.3 Å². The van der Waals surface area contributed by atoms with Crippen LogP contribution in [0.4, 0.5) is 0 Å². The Bertz CT molecular complexity index is 3120. The minimum Gasteiger partial charge on any atom is -0.507 e. The number of aromatic hydroxyl groups is 2. The van der Waals surface area contributed by atoms with Gasteiger partial charge in [0.1, 0.15) is 24.0 Å². The lowest BCUT2D eigenvalue weighted by Gasteiger charge is -2.03. The van der Waals surface area contributed by atoms with Gasteiger partial charge >= 0.3 is 18.9 Å². The predicted octanol–water partition coefficient (Wildman–Crippen LogP) is 2.14. The van der Waals surface area contributed by atoms with Gasteiger partial charge in [0.15, 0.2) is 0 Å². The van der Waals surface area contributed by atoms with Crippen molar-refractivity contribution in [2.45, 2.75) is 13.1 Å². The molecule has 16 nitrogen and oxygen atoms in total. The highest BCUT2D eigenvalue weighted by molar-refractivity contribution is 6.35. The normalized spacial score (nSPS) is 11.1. The SMILES string of the molecule is C=c1cc(-c2cnoc2)c(O)cc(=C)c2c(cn1)n([B]n1c(=O)n(Cc3ccccn3)c3c(=C)cc(O)c(-c4cnoc4)cc(=C)ncc31)c(=O)n2Cc1ccccn1. The van der Waals surface area contributed by atoms with Crippen LogP contribution < -0.4 is 32.5 Å². The van der Waals surface area contributed by atoms with E-state index in [2.05, 4.69) is 56.6 Å². The molecule has 289 valence electrons. The summed E-state index contributed by atoms with van der Waals surface area (Å²) in [6, 6.07) is 16.5. The molecule has 0 amide bonds. The number of rotatable bonds is 8. The summed E-state index contributed by atoms with van der Waals surface area (Å²) in [5.74, 6) is -0.445. The molecule has 8 aromatic rings. The molecule has 1 radical (unpaired) electrons. The minimum atomic E-state index is -0.602. The molecule has 17 heteroatoms.